The molecule has 0 unspecified atom stereocenters. The van der Waals surface area contributed by atoms with E-state index in [1.54, 1.807) is 6.20 Å². The number of hydrogen-bond acceptors (Lipinski definition) is 4. The normalized spacial score (nSPS) is 18.1. The highest BCUT2D eigenvalue weighted by Crippen LogP contribution is 2.30. The predicted molar refractivity (Wildman–Crippen MR) is 117 cm³/mol. The highest BCUT2D eigenvalue weighted by molar-refractivity contribution is 5.95. The first-order valence-corrected chi connectivity index (χ1v) is 10.6. The van der Waals surface area contributed by atoms with Crippen LogP contribution < -0.4 is 5.32 Å². The third-order valence-corrected chi connectivity index (χ3v) is 5.86. The second kappa shape index (κ2) is 9.22. The minimum atomic E-state index is -0.116. The second-order valence-corrected chi connectivity index (χ2v) is 8.18. The average molecular weight is 404 g/mol. The molecule has 6 nitrogen and oxygen atoms in total. The highest BCUT2D eigenvalue weighted by atomic mass is 16.1. The van der Waals surface area contributed by atoms with E-state index in [0.29, 0.717) is 5.92 Å². The molecule has 0 saturated carbocycles. The molecule has 1 amide bonds. The van der Waals surface area contributed by atoms with Crippen molar-refractivity contribution in [2.75, 3.05) is 13.1 Å². The van der Waals surface area contributed by atoms with Crippen LogP contribution in [0.5, 0.6) is 0 Å². The first-order valence-electron chi connectivity index (χ1n) is 10.6. The highest BCUT2D eigenvalue weighted by Gasteiger charge is 2.31. The van der Waals surface area contributed by atoms with E-state index in [1.165, 1.54) is 5.56 Å². The lowest BCUT2D eigenvalue weighted by Gasteiger charge is -2.37. The van der Waals surface area contributed by atoms with Crippen LogP contribution in [0, 0.1) is 12.8 Å². The zero-order chi connectivity index (χ0) is 20.9. The van der Waals surface area contributed by atoms with E-state index in [1.807, 2.05) is 67.3 Å². The van der Waals surface area contributed by atoms with Crippen molar-refractivity contribution in [3.8, 4) is 0 Å². The summed E-state index contributed by atoms with van der Waals surface area (Å²) in [6, 6.07) is 13.5. The largest absolute Gasteiger partial charge is 0.343 e. The van der Waals surface area contributed by atoms with Crippen molar-refractivity contribution < 1.29 is 4.79 Å². The molecule has 1 N–H and O–H groups in total. The molecule has 3 aromatic rings. The van der Waals surface area contributed by atoms with E-state index in [-0.39, 0.29) is 11.9 Å². The van der Waals surface area contributed by atoms with Crippen molar-refractivity contribution in [3.05, 3.63) is 83.4 Å². The number of aryl methyl sites for hydroxylation is 2. The van der Waals surface area contributed by atoms with Crippen LogP contribution in [0.4, 0.5) is 0 Å². The Morgan fingerprint density at radius 2 is 2.07 bits per heavy atom. The van der Waals surface area contributed by atoms with Crippen molar-refractivity contribution in [2.45, 2.75) is 32.4 Å². The number of likely N-dealkylation sites (tertiary alicyclic amines) is 1. The lowest BCUT2D eigenvalue weighted by Crippen LogP contribution is -2.43. The molecule has 0 bridgehead atoms. The Hall–Kier alpha value is -2.99. The smallest absolute Gasteiger partial charge is 0.252 e. The van der Waals surface area contributed by atoms with E-state index in [9.17, 15) is 4.79 Å². The number of carbonyl (C=O) groups excluding carboxylic acids is 1. The number of amides is 1. The fourth-order valence-electron chi connectivity index (χ4n) is 4.36. The molecule has 1 aliphatic heterocycles. The molecule has 1 saturated heterocycles. The Labute approximate surface area is 177 Å². The van der Waals surface area contributed by atoms with Gasteiger partial charge in [0, 0.05) is 43.7 Å². The van der Waals surface area contributed by atoms with Gasteiger partial charge in [0.05, 0.1) is 17.9 Å². The Morgan fingerprint density at radius 1 is 1.23 bits per heavy atom. The van der Waals surface area contributed by atoms with Gasteiger partial charge in [-0.2, -0.15) is 5.10 Å². The van der Waals surface area contributed by atoms with E-state index >= 15 is 0 Å². The van der Waals surface area contributed by atoms with Crippen molar-refractivity contribution in [2.24, 2.45) is 13.0 Å². The Balaban J connectivity index is 1.53. The third-order valence-electron chi connectivity index (χ3n) is 5.86. The summed E-state index contributed by atoms with van der Waals surface area (Å²) in [5, 5.41) is 7.59. The van der Waals surface area contributed by atoms with Gasteiger partial charge in [0.25, 0.3) is 5.91 Å². The van der Waals surface area contributed by atoms with E-state index in [2.05, 4.69) is 26.5 Å². The number of rotatable bonds is 6. The molecular weight excluding hydrogens is 374 g/mol. The molecule has 0 spiro atoms. The first-order chi connectivity index (χ1) is 14.6. The molecule has 4 rings (SSSR count). The van der Waals surface area contributed by atoms with Gasteiger partial charge >= 0.3 is 0 Å². The summed E-state index contributed by atoms with van der Waals surface area (Å²) in [7, 11) is 1.95. The minimum Gasteiger partial charge on any atom is -0.343 e. The Bertz CT molecular complexity index is 984. The summed E-state index contributed by atoms with van der Waals surface area (Å²) in [6.45, 7) is 4.84. The average Bonchev–Trinajstić information content (AvgIpc) is 3.17. The van der Waals surface area contributed by atoms with Gasteiger partial charge < -0.3 is 5.32 Å². The van der Waals surface area contributed by atoms with Crippen LogP contribution in [0.25, 0.3) is 0 Å². The van der Waals surface area contributed by atoms with Crippen molar-refractivity contribution >= 4 is 5.91 Å². The number of piperidine rings is 1. The summed E-state index contributed by atoms with van der Waals surface area (Å²) >= 11 is 0. The van der Waals surface area contributed by atoms with Gasteiger partial charge in [-0.05, 0) is 56.0 Å². The van der Waals surface area contributed by atoms with Gasteiger partial charge in [-0.3, -0.25) is 19.4 Å². The maximum atomic E-state index is 13.1. The number of aromatic nitrogens is 3. The second-order valence-electron chi connectivity index (χ2n) is 8.18. The molecule has 156 valence electrons. The minimum absolute atomic E-state index is 0.0341. The van der Waals surface area contributed by atoms with Crippen molar-refractivity contribution in [3.63, 3.8) is 0 Å². The monoisotopic (exact) mass is 403 g/mol. The van der Waals surface area contributed by atoms with Crippen LogP contribution in [0.15, 0.2) is 61.1 Å². The molecule has 2 atom stereocenters. The van der Waals surface area contributed by atoms with Crippen LogP contribution in [0.3, 0.4) is 0 Å². The maximum Gasteiger partial charge on any atom is 0.252 e. The van der Waals surface area contributed by atoms with Crippen LogP contribution in [-0.2, 0) is 13.6 Å². The fraction of sp³-hybridized carbons (Fsp3) is 0.375. The van der Waals surface area contributed by atoms with Gasteiger partial charge in [-0.25, -0.2) is 0 Å². The summed E-state index contributed by atoms with van der Waals surface area (Å²) in [4.78, 5) is 20.2. The number of nitrogens with one attached hydrogen (secondary N) is 1. The number of nitrogens with zero attached hydrogens (tertiary/aromatic N) is 4. The number of hydrogen-bond donors (Lipinski definition) is 1. The van der Waals surface area contributed by atoms with Crippen LogP contribution in [0.1, 0.15) is 46.1 Å². The molecule has 30 heavy (non-hydrogen) atoms. The number of benzene rings is 1. The lowest BCUT2D eigenvalue weighted by molar-refractivity contribution is 0.0874. The molecular formula is C24H29N5O. The molecule has 1 fully saturated rings. The van der Waals surface area contributed by atoms with Crippen molar-refractivity contribution in [1.82, 2.24) is 25.0 Å². The molecule has 0 aliphatic carbocycles. The summed E-state index contributed by atoms with van der Waals surface area (Å²) in [5.74, 6) is 0.270. The van der Waals surface area contributed by atoms with Crippen LogP contribution in [0.2, 0.25) is 0 Å². The molecule has 1 aromatic carbocycles. The van der Waals surface area contributed by atoms with E-state index in [0.717, 1.165) is 49.3 Å². The summed E-state index contributed by atoms with van der Waals surface area (Å²) in [6.07, 6.45) is 7.98. The predicted octanol–water partition coefficient (Wildman–Crippen LogP) is 3.51. The standard InChI is InChI=1S/C24H29N5O/c1-18-8-3-4-10-21(18)24(30)27-23(22-11-5-6-12-25-22)20-9-7-13-29(17-20)16-19-14-26-28(2)15-19/h3-6,8,10-12,14-15,20,23H,7,9,13,16-17H2,1-2H3,(H,27,30)/t20-,23-/m0/s1. The lowest BCUT2D eigenvalue weighted by atomic mass is 9.88. The topological polar surface area (TPSA) is 63.1 Å². The number of carbonyl (C=O) groups is 1. The zero-order valence-electron chi connectivity index (χ0n) is 17.7. The summed E-state index contributed by atoms with van der Waals surface area (Å²) < 4.78 is 1.84. The van der Waals surface area contributed by atoms with Gasteiger partial charge in [-0.15, -0.1) is 0 Å². The van der Waals surface area contributed by atoms with Crippen LogP contribution in [-0.4, -0.2) is 38.7 Å². The Morgan fingerprint density at radius 3 is 2.80 bits per heavy atom. The van der Waals surface area contributed by atoms with Gasteiger partial charge in [0.1, 0.15) is 0 Å². The third kappa shape index (κ3) is 4.76. The molecule has 1 aliphatic rings. The van der Waals surface area contributed by atoms with E-state index < -0.39 is 0 Å². The van der Waals surface area contributed by atoms with Crippen LogP contribution >= 0.6 is 0 Å². The SMILES string of the molecule is Cc1ccccc1C(=O)N[C@H](c1ccccn1)[C@H]1CCCN(Cc2cnn(C)c2)C1. The maximum absolute atomic E-state index is 13.1. The fourth-order valence-corrected chi connectivity index (χ4v) is 4.36. The summed E-state index contributed by atoms with van der Waals surface area (Å²) in [5.41, 5.74) is 3.85. The van der Waals surface area contributed by atoms with E-state index in [4.69, 9.17) is 0 Å². The molecule has 3 heterocycles. The van der Waals surface area contributed by atoms with Gasteiger partial charge in [0.2, 0.25) is 0 Å². The van der Waals surface area contributed by atoms with Gasteiger partial charge in [0.15, 0.2) is 0 Å². The Kier molecular flexibility index (Phi) is 6.23. The first kappa shape index (κ1) is 20.3. The molecule has 0 radical (unpaired) electrons. The number of pyridine rings is 1. The molecule has 2 aromatic heterocycles. The molecule has 6 heteroatoms. The zero-order valence-corrected chi connectivity index (χ0v) is 17.7. The van der Waals surface area contributed by atoms with Crippen molar-refractivity contribution in [1.29, 1.82) is 0 Å². The van der Waals surface area contributed by atoms with Gasteiger partial charge in [-0.1, -0.05) is 24.3 Å². The quantitative estimate of drug-likeness (QED) is 0.684.